The fourth-order valence-corrected chi connectivity index (χ4v) is 0.711. The highest BCUT2D eigenvalue weighted by Gasteiger charge is 2.11. The quantitative estimate of drug-likeness (QED) is 0.391. The Morgan fingerprint density at radius 1 is 1.36 bits per heavy atom. The zero-order valence-corrected chi connectivity index (χ0v) is 8.26. The Bertz CT molecular complexity index is 310. The molecule has 0 aliphatic rings. The Labute approximate surface area is 83.0 Å². The van der Waals surface area contributed by atoms with Gasteiger partial charge >= 0.3 is 5.97 Å². The van der Waals surface area contributed by atoms with Gasteiger partial charge in [-0.3, -0.25) is 4.79 Å². The van der Waals surface area contributed by atoms with Crippen LogP contribution < -0.4 is 5.32 Å². The van der Waals surface area contributed by atoms with Gasteiger partial charge in [-0.15, -0.1) is 12.3 Å². The van der Waals surface area contributed by atoms with Crippen LogP contribution in [0.2, 0.25) is 0 Å². The van der Waals surface area contributed by atoms with Crippen LogP contribution in [0.25, 0.3) is 0 Å². The lowest BCUT2D eigenvalue weighted by Gasteiger charge is -2.04. The number of hydrogen-bond donors (Lipinski definition) is 2. The molecule has 0 aromatic rings. The van der Waals surface area contributed by atoms with Gasteiger partial charge in [-0.25, -0.2) is 4.79 Å². The molecule has 0 rings (SSSR count). The number of rotatable bonds is 4. The topological polar surface area (TPSA) is 66.4 Å². The van der Waals surface area contributed by atoms with Crippen LogP contribution in [-0.2, 0) is 9.59 Å². The summed E-state index contributed by atoms with van der Waals surface area (Å²) in [5, 5.41) is 11.1. The SMILES string of the molecule is C#CCCNC(=O)C(C)=C(C)C(=O)O. The van der Waals surface area contributed by atoms with E-state index in [-0.39, 0.29) is 17.1 Å². The van der Waals surface area contributed by atoms with E-state index >= 15 is 0 Å². The number of amides is 1. The van der Waals surface area contributed by atoms with E-state index in [4.69, 9.17) is 11.5 Å². The number of nitrogens with one attached hydrogen (secondary N) is 1. The molecule has 0 bridgehead atoms. The fourth-order valence-electron chi connectivity index (χ4n) is 0.711. The third-order valence-corrected chi connectivity index (χ3v) is 1.78. The van der Waals surface area contributed by atoms with Gasteiger partial charge in [-0.1, -0.05) is 0 Å². The monoisotopic (exact) mass is 195 g/mol. The zero-order valence-electron chi connectivity index (χ0n) is 8.26. The molecule has 0 saturated heterocycles. The third kappa shape index (κ3) is 3.76. The van der Waals surface area contributed by atoms with Gasteiger partial charge in [0, 0.05) is 24.1 Å². The molecule has 0 fully saturated rings. The van der Waals surface area contributed by atoms with Gasteiger partial charge < -0.3 is 10.4 Å². The molecule has 76 valence electrons. The molecule has 0 atom stereocenters. The third-order valence-electron chi connectivity index (χ3n) is 1.78. The summed E-state index contributed by atoms with van der Waals surface area (Å²) >= 11 is 0. The molecule has 0 saturated carbocycles. The molecule has 0 unspecified atom stereocenters. The maximum atomic E-state index is 11.3. The smallest absolute Gasteiger partial charge is 0.331 e. The van der Waals surface area contributed by atoms with E-state index in [1.807, 2.05) is 0 Å². The largest absolute Gasteiger partial charge is 0.478 e. The summed E-state index contributed by atoms with van der Waals surface area (Å²) in [6.45, 7) is 3.21. The van der Waals surface area contributed by atoms with Crippen molar-refractivity contribution in [1.29, 1.82) is 0 Å². The Kier molecular flexibility index (Phi) is 5.08. The number of carbonyl (C=O) groups is 2. The van der Waals surface area contributed by atoms with Gasteiger partial charge in [0.15, 0.2) is 0 Å². The van der Waals surface area contributed by atoms with Crippen LogP contribution in [0.3, 0.4) is 0 Å². The first-order chi connectivity index (χ1) is 6.50. The molecule has 0 spiro atoms. The van der Waals surface area contributed by atoms with Crippen LogP contribution in [0, 0.1) is 12.3 Å². The predicted octanol–water partition coefficient (Wildman–Crippen LogP) is 0.547. The first-order valence-corrected chi connectivity index (χ1v) is 4.13. The van der Waals surface area contributed by atoms with E-state index in [1.165, 1.54) is 13.8 Å². The molecular formula is C10H13NO3. The number of carbonyl (C=O) groups excluding carboxylic acids is 1. The highest BCUT2D eigenvalue weighted by Crippen LogP contribution is 2.02. The molecule has 0 aromatic heterocycles. The molecule has 0 aliphatic carbocycles. The first-order valence-electron chi connectivity index (χ1n) is 4.13. The number of terminal acetylenes is 1. The summed E-state index contributed by atoms with van der Waals surface area (Å²) in [5.41, 5.74) is 0.248. The number of carboxylic acid groups (broad SMARTS) is 1. The molecule has 2 N–H and O–H groups in total. The van der Waals surface area contributed by atoms with Crippen molar-refractivity contribution in [2.45, 2.75) is 20.3 Å². The van der Waals surface area contributed by atoms with Crippen molar-refractivity contribution in [1.82, 2.24) is 5.32 Å². The van der Waals surface area contributed by atoms with Gasteiger partial charge in [-0.2, -0.15) is 0 Å². The van der Waals surface area contributed by atoms with Crippen molar-refractivity contribution in [3.05, 3.63) is 11.1 Å². The van der Waals surface area contributed by atoms with Gasteiger partial charge in [0.25, 0.3) is 0 Å². The van der Waals surface area contributed by atoms with Crippen LogP contribution in [0.15, 0.2) is 11.1 Å². The van der Waals surface area contributed by atoms with E-state index in [2.05, 4.69) is 11.2 Å². The Balaban J connectivity index is 4.33. The average molecular weight is 195 g/mol. The minimum Gasteiger partial charge on any atom is -0.478 e. The maximum absolute atomic E-state index is 11.3. The van der Waals surface area contributed by atoms with E-state index in [0.29, 0.717) is 13.0 Å². The van der Waals surface area contributed by atoms with Gasteiger partial charge in [-0.05, 0) is 13.8 Å². The standard InChI is InChI=1S/C10H13NO3/c1-4-5-6-11-9(12)7(2)8(3)10(13)14/h1H,5-6H2,2-3H3,(H,11,12)(H,13,14). The van der Waals surface area contributed by atoms with Crippen molar-refractivity contribution in [3.63, 3.8) is 0 Å². The molecule has 0 aromatic carbocycles. The minimum absolute atomic E-state index is 0.0446. The summed E-state index contributed by atoms with van der Waals surface area (Å²) in [6, 6.07) is 0. The molecule has 1 amide bonds. The van der Waals surface area contributed by atoms with Crippen molar-refractivity contribution in [2.75, 3.05) is 6.54 Å². The number of carboxylic acids is 1. The summed E-state index contributed by atoms with van der Waals surface area (Å²) in [6.07, 6.45) is 5.43. The summed E-state index contributed by atoms with van der Waals surface area (Å²) in [4.78, 5) is 21.8. The van der Waals surface area contributed by atoms with E-state index in [1.54, 1.807) is 0 Å². The van der Waals surface area contributed by atoms with Crippen LogP contribution in [0.4, 0.5) is 0 Å². The van der Waals surface area contributed by atoms with Crippen LogP contribution >= 0.6 is 0 Å². The Morgan fingerprint density at radius 3 is 2.36 bits per heavy atom. The molecule has 0 heterocycles. The molecule has 14 heavy (non-hydrogen) atoms. The van der Waals surface area contributed by atoms with Crippen LogP contribution in [-0.4, -0.2) is 23.5 Å². The summed E-state index contributed by atoms with van der Waals surface area (Å²) < 4.78 is 0. The van der Waals surface area contributed by atoms with E-state index in [0.717, 1.165) is 0 Å². The van der Waals surface area contributed by atoms with Crippen molar-refractivity contribution in [2.24, 2.45) is 0 Å². The molecule has 4 heteroatoms. The molecule has 4 nitrogen and oxygen atoms in total. The van der Waals surface area contributed by atoms with Crippen LogP contribution in [0.1, 0.15) is 20.3 Å². The highest BCUT2D eigenvalue weighted by atomic mass is 16.4. The van der Waals surface area contributed by atoms with Crippen LogP contribution in [0.5, 0.6) is 0 Å². The normalized spacial score (nSPS) is 11.2. The van der Waals surface area contributed by atoms with Gasteiger partial charge in [0.2, 0.25) is 5.91 Å². The number of aliphatic carboxylic acids is 1. The molecular weight excluding hydrogens is 182 g/mol. The second-order valence-electron chi connectivity index (χ2n) is 2.77. The van der Waals surface area contributed by atoms with E-state index in [9.17, 15) is 9.59 Å². The van der Waals surface area contributed by atoms with Gasteiger partial charge in [0.05, 0.1) is 0 Å². The summed E-state index contributed by atoms with van der Waals surface area (Å²) in [5.74, 6) is 0.890. The van der Waals surface area contributed by atoms with Crippen molar-refractivity contribution < 1.29 is 14.7 Å². The second-order valence-corrected chi connectivity index (χ2v) is 2.77. The lowest BCUT2D eigenvalue weighted by atomic mass is 10.1. The van der Waals surface area contributed by atoms with Gasteiger partial charge in [0.1, 0.15) is 0 Å². The lowest BCUT2D eigenvalue weighted by molar-refractivity contribution is -0.133. The lowest BCUT2D eigenvalue weighted by Crippen LogP contribution is -2.26. The first kappa shape index (κ1) is 12.2. The fraction of sp³-hybridized carbons (Fsp3) is 0.400. The summed E-state index contributed by atoms with van der Waals surface area (Å²) in [7, 11) is 0. The highest BCUT2D eigenvalue weighted by molar-refractivity contribution is 6.01. The minimum atomic E-state index is -1.09. The number of hydrogen-bond acceptors (Lipinski definition) is 2. The van der Waals surface area contributed by atoms with E-state index < -0.39 is 5.97 Å². The zero-order chi connectivity index (χ0) is 11.1. The Hall–Kier alpha value is -1.76. The van der Waals surface area contributed by atoms with Crippen molar-refractivity contribution in [3.8, 4) is 12.3 Å². The Morgan fingerprint density at radius 2 is 1.93 bits per heavy atom. The molecule has 0 aliphatic heterocycles. The predicted molar refractivity (Wildman–Crippen MR) is 52.5 cm³/mol. The average Bonchev–Trinajstić information content (AvgIpc) is 2.15. The second kappa shape index (κ2) is 5.81. The molecule has 0 radical (unpaired) electrons. The van der Waals surface area contributed by atoms with Crippen molar-refractivity contribution >= 4 is 11.9 Å². The maximum Gasteiger partial charge on any atom is 0.331 e.